The van der Waals surface area contributed by atoms with E-state index in [9.17, 15) is 18.9 Å². The van der Waals surface area contributed by atoms with Gasteiger partial charge in [0.15, 0.2) is 0 Å². The van der Waals surface area contributed by atoms with Gasteiger partial charge >= 0.3 is 0 Å². The second-order valence-electron chi connectivity index (χ2n) is 5.63. The van der Waals surface area contributed by atoms with Gasteiger partial charge in [0, 0.05) is 29.6 Å². The molecule has 0 unspecified atom stereocenters. The normalized spacial score (nSPS) is 11.4. The Morgan fingerprint density at radius 2 is 1.96 bits per heavy atom. The second kappa shape index (κ2) is 6.94. The summed E-state index contributed by atoms with van der Waals surface area (Å²) in [4.78, 5) is 12.2. The first-order chi connectivity index (χ1) is 12.0. The quantitative estimate of drug-likeness (QED) is 0.504. The highest BCUT2D eigenvalue weighted by molar-refractivity contribution is 5.81. The molecule has 0 radical (unpaired) electrons. The Kier molecular flexibility index (Phi) is 4.71. The standard InChI is InChI=1S/C17H16F2N4O2/c1-2-21(10-14-15(18)4-3-5-16(14)19)11-22-17-7-6-13(23(24)25)8-12(17)9-20-22/h3-9H,2,10-11H2,1H3. The summed E-state index contributed by atoms with van der Waals surface area (Å²) in [7, 11) is 0. The van der Waals surface area contributed by atoms with Crippen molar-refractivity contribution in [2.24, 2.45) is 0 Å². The highest BCUT2D eigenvalue weighted by Crippen LogP contribution is 2.21. The Morgan fingerprint density at radius 3 is 2.60 bits per heavy atom. The zero-order chi connectivity index (χ0) is 18.0. The van der Waals surface area contributed by atoms with E-state index in [0.717, 1.165) is 5.52 Å². The zero-order valence-corrected chi connectivity index (χ0v) is 13.5. The van der Waals surface area contributed by atoms with E-state index in [1.165, 1.54) is 30.3 Å². The van der Waals surface area contributed by atoms with Crippen LogP contribution in [0.5, 0.6) is 0 Å². The van der Waals surface area contributed by atoms with Crippen molar-refractivity contribution in [3.05, 3.63) is 69.9 Å². The summed E-state index contributed by atoms with van der Waals surface area (Å²) in [6, 6.07) is 8.28. The Labute approximate surface area is 142 Å². The van der Waals surface area contributed by atoms with Crippen LogP contribution in [0, 0.1) is 21.7 Å². The topological polar surface area (TPSA) is 64.2 Å². The molecule has 3 aromatic rings. The van der Waals surface area contributed by atoms with Gasteiger partial charge in [0.25, 0.3) is 5.69 Å². The molecule has 0 bridgehead atoms. The van der Waals surface area contributed by atoms with Crippen molar-refractivity contribution in [3.8, 4) is 0 Å². The lowest BCUT2D eigenvalue weighted by Crippen LogP contribution is -2.27. The highest BCUT2D eigenvalue weighted by atomic mass is 19.1. The molecule has 0 N–H and O–H groups in total. The van der Waals surface area contributed by atoms with Crippen molar-refractivity contribution < 1.29 is 13.7 Å². The van der Waals surface area contributed by atoms with Crippen LogP contribution in [0.2, 0.25) is 0 Å². The van der Waals surface area contributed by atoms with E-state index in [4.69, 9.17) is 0 Å². The number of aromatic nitrogens is 2. The number of nitro benzene ring substituents is 1. The fraction of sp³-hybridized carbons (Fsp3) is 0.235. The molecule has 0 amide bonds. The van der Waals surface area contributed by atoms with Gasteiger partial charge in [-0.05, 0) is 24.7 Å². The van der Waals surface area contributed by atoms with Crippen molar-refractivity contribution in [2.45, 2.75) is 20.1 Å². The van der Waals surface area contributed by atoms with Crippen LogP contribution < -0.4 is 0 Å². The van der Waals surface area contributed by atoms with E-state index in [1.54, 1.807) is 16.9 Å². The van der Waals surface area contributed by atoms with E-state index in [-0.39, 0.29) is 17.8 Å². The van der Waals surface area contributed by atoms with Crippen LogP contribution in [0.25, 0.3) is 10.9 Å². The van der Waals surface area contributed by atoms with Crippen molar-refractivity contribution in [2.75, 3.05) is 6.54 Å². The summed E-state index contributed by atoms with van der Waals surface area (Å²) < 4.78 is 29.3. The molecular weight excluding hydrogens is 330 g/mol. The minimum absolute atomic E-state index is 0.00664. The summed E-state index contributed by atoms with van der Waals surface area (Å²) >= 11 is 0. The van der Waals surface area contributed by atoms with Crippen LogP contribution in [-0.4, -0.2) is 26.1 Å². The molecule has 25 heavy (non-hydrogen) atoms. The summed E-state index contributed by atoms with van der Waals surface area (Å²) in [6.45, 7) is 2.85. The predicted molar refractivity (Wildman–Crippen MR) is 88.8 cm³/mol. The van der Waals surface area contributed by atoms with Gasteiger partial charge in [-0.25, -0.2) is 8.78 Å². The molecule has 6 nitrogen and oxygen atoms in total. The molecule has 1 heterocycles. The van der Waals surface area contributed by atoms with E-state index < -0.39 is 16.6 Å². The van der Waals surface area contributed by atoms with Crippen LogP contribution in [0.15, 0.2) is 42.6 Å². The maximum Gasteiger partial charge on any atom is 0.270 e. The van der Waals surface area contributed by atoms with Gasteiger partial charge in [0.1, 0.15) is 11.6 Å². The minimum Gasteiger partial charge on any atom is -0.280 e. The molecule has 3 rings (SSSR count). The average molecular weight is 346 g/mol. The molecule has 0 aliphatic heterocycles. The number of nitro groups is 1. The first-order valence-electron chi connectivity index (χ1n) is 7.74. The molecule has 0 saturated carbocycles. The van der Waals surface area contributed by atoms with Gasteiger partial charge in [-0.3, -0.25) is 19.7 Å². The van der Waals surface area contributed by atoms with Gasteiger partial charge in [-0.15, -0.1) is 0 Å². The third-order valence-electron chi connectivity index (χ3n) is 4.06. The van der Waals surface area contributed by atoms with E-state index in [0.29, 0.717) is 18.6 Å². The molecule has 8 heteroatoms. The lowest BCUT2D eigenvalue weighted by molar-refractivity contribution is -0.384. The molecule has 0 atom stereocenters. The monoisotopic (exact) mass is 346 g/mol. The predicted octanol–water partition coefficient (Wildman–Crippen LogP) is 3.70. The van der Waals surface area contributed by atoms with E-state index in [2.05, 4.69) is 5.10 Å². The molecule has 0 fully saturated rings. The number of non-ortho nitro benzene ring substituents is 1. The third kappa shape index (κ3) is 3.48. The number of halogens is 2. The van der Waals surface area contributed by atoms with E-state index in [1.807, 2.05) is 11.8 Å². The average Bonchev–Trinajstić information content (AvgIpc) is 2.99. The lowest BCUT2D eigenvalue weighted by Gasteiger charge is -2.21. The van der Waals surface area contributed by atoms with Crippen molar-refractivity contribution in [3.63, 3.8) is 0 Å². The molecular formula is C17H16F2N4O2. The number of nitrogens with zero attached hydrogens (tertiary/aromatic N) is 4. The van der Waals surface area contributed by atoms with Crippen molar-refractivity contribution >= 4 is 16.6 Å². The molecule has 0 aliphatic carbocycles. The number of rotatable bonds is 6. The number of fused-ring (bicyclic) bond motifs is 1. The van der Waals surface area contributed by atoms with Gasteiger partial charge < -0.3 is 0 Å². The first kappa shape index (κ1) is 17.0. The minimum atomic E-state index is -0.584. The molecule has 130 valence electrons. The SMILES string of the molecule is CCN(Cc1c(F)cccc1F)Cn1ncc2cc([N+](=O)[O-])ccc21. The van der Waals surface area contributed by atoms with Crippen molar-refractivity contribution in [1.29, 1.82) is 0 Å². The van der Waals surface area contributed by atoms with Gasteiger partial charge in [-0.2, -0.15) is 5.10 Å². The smallest absolute Gasteiger partial charge is 0.270 e. The molecule has 0 aliphatic rings. The molecule has 2 aromatic carbocycles. The highest BCUT2D eigenvalue weighted by Gasteiger charge is 2.15. The Bertz CT molecular complexity index is 906. The van der Waals surface area contributed by atoms with Crippen LogP contribution in [0.1, 0.15) is 12.5 Å². The van der Waals surface area contributed by atoms with Crippen LogP contribution in [-0.2, 0) is 13.2 Å². The van der Waals surface area contributed by atoms with Gasteiger partial charge in [0.2, 0.25) is 0 Å². The van der Waals surface area contributed by atoms with Gasteiger partial charge in [-0.1, -0.05) is 13.0 Å². The van der Waals surface area contributed by atoms with Crippen LogP contribution >= 0.6 is 0 Å². The second-order valence-corrected chi connectivity index (χ2v) is 5.63. The van der Waals surface area contributed by atoms with E-state index >= 15 is 0 Å². The largest absolute Gasteiger partial charge is 0.280 e. The van der Waals surface area contributed by atoms with Crippen LogP contribution in [0.3, 0.4) is 0 Å². The lowest BCUT2D eigenvalue weighted by atomic mass is 10.2. The molecule has 0 saturated heterocycles. The summed E-state index contributed by atoms with van der Waals surface area (Å²) in [5.74, 6) is -1.17. The molecule has 1 aromatic heterocycles. The third-order valence-corrected chi connectivity index (χ3v) is 4.06. The summed E-state index contributed by atoms with van der Waals surface area (Å²) in [5, 5.41) is 15.7. The summed E-state index contributed by atoms with van der Waals surface area (Å²) in [6.07, 6.45) is 1.54. The number of hydrogen-bond donors (Lipinski definition) is 0. The number of benzene rings is 2. The Morgan fingerprint density at radius 1 is 1.24 bits per heavy atom. The van der Waals surface area contributed by atoms with Crippen molar-refractivity contribution in [1.82, 2.24) is 14.7 Å². The fourth-order valence-electron chi connectivity index (χ4n) is 2.66. The summed E-state index contributed by atoms with van der Waals surface area (Å²) in [5.41, 5.74) is 0.724. The molecule has 0 spiro atoms. The number of hydrogen-bond acceptors (Lipinski definition) is 4. The zero-order valence-electron chi connectivity index (χ0n) is 13.5. The maximum atomic E-state index is 13.8. The van der Waals surface area contributed by atoms with Crippen LogP contribution in [0.4, 0.5) is 14.5 Å². The maximum absolute atomic E-state index is 13.8. The first-order valence-corrected chi connectivity index (χ1v) is 7.74. The fourth-order valence-corrected chi connectivity index (χ4v) is 2.66. The Hall–Kier alpha value is -2.87. The van der Waals surface area contributed by atoms with Gasteiger partial charge in [0.05, 0.1) is 23.3 Å². The Balaban J connectivity index is 1.84.